The van der Waals surface area contributed by atoms with Gasteiger partial charge in [0.2, 0.25) is 0 Å². The highest BCUT2D eigenvalue weighted by Crippen LogP contribution is 2.36. The first-order valence-corrected chi connectivity index (χ1v) is 10.6. The number of rotatable bonds is 4. The Balaban J connectivity index is 1.71. The lowest BCUT2D eigenvalue weighted by Gasteiger charge is -2.19. The molecule has 1 aliphatic rings. The number of halogens is 2. The highest BCUT2D eigenvalue weighted by atomic mass is 79.9. The number of hydrogen-bond acceptors (Lipinski definition) is 4. The van der Waals surface area contributed by atoms with E-state index in [9.17, 15) is 4.55 Å². The zero-order chi connectivity index (χ0) is 18.0. The van der Waals surface area contributed by atoms with E-state index in [4.69, 9.17) is 16.9 Å². The average Bonchev–Trinajstić information content (AvgIpc) is 2.97. The summed E-state index contributed by atoms with van der Waals surface area (Å²) < 4.78 is 15.8. The van der Waals surface area contributed by atoms with Gasteiger partial charge >= 0.3 is 0 Å². The third-order valence-electron chi connectivity index (χ3n) is 3.78. The Morgan fingerprint density at radius 2 is 2.04 bits per heavy atom. The zero-order valence-corrected chi connectivity index (χ0v) is 17.1. The van der Waals surface area contributed by atoms with Gasteiger partial charge in [0.25, 0.3) is 0 Å². The van der Waals surface area contributed by atoms with Crippen LogP contribution in [-0.4, -0.2) is 27.2 Å². The molecule has 2 atom stereocenters. The van der Waals surface area contributed by atoms with Gasteiger partial charge in [0.1, 0.15) is 0 Å². The minimum absolute atomic E-state index is 0.183. The lowest BCUT2D eigenvalue weighted by molar-refractivity contribution is 0.482. The minimum atomic E-state index is -1.37. The number of nitrogens with zero attached hydrogens (tertiary/aromatic N) is 2. The van der Waals surface area contributed by atoms with Crippen LogP contribution in [0.25, 0.3) is 0 Å². The van der Waals surface area contributed by atoms with Gasteiger partial charge in [0.05, 0.1) is 41.1 Å². The largest absolute Gasteiger partial charge is 0.593 e. The molecule has 128 valence electrons. The van der Waals surface area contributed by atoms with E-state index in [1.165, 1.54) is 0 Å². The number of hydrogen-bond donors (Lipinski definition) is 0. The average molecular weight is 454 g/mol. The Morgan fingerprint density at radius 3 is 2.68 bits per heavy atom. The van der Waals surface area contributed by atoms with Gasteiger partial charge in [-0.15, -0.1) is 16.1 Å². The van der Waals surface area contributed by atoms with Crippen molar-refractivity contribution >= 4 is 50.7 Å². The SMILES string of the molecule is C=C1CN([S+]([O-])c2ccc(C#N)cc2Cl)C[C@@H]1Sc1ccc(Br)cc1. The van der Waals surface area contributed by atoms with Crippen LogP contribution >= 0.6 is 39.3 Å². The minimum Gasteiger partial charge on any atom is -0.593 e. The second-order valence-corrected chi connectivity index (χ2v) is 9.60. The summed E-state index contributed by atoms with van der Waals surface area (Å²) >= 11 is 9.98. The molecule has 25 heavy (non-hydrogen) atoms. The van der Waals surface area contributed by atoms with Crippen molar-refractivity contribution in [3.05, 3.63) is 69.7 Å². The lowest BCUT2D eigenvalue weighted by Crippen LogP contribution is -2.29. The Hall–Kier alpha value is -0.940. The third-order valence-corrected chi connectivity index (χ3v) is 7.52. The normalized spacial score (nSPS) is 19.0. The van der Waals surface area contributed by atoms with Crippen LogP contribution in [0, 0.1) is 11.3 Å². The van der Waals surface area contributed by atoms with Crippen molar-refractivity contribution in [3.8, 4) is 6.07 Å². The van der Waals surface area contributed by atoms with Crippen LogP contribution in [0.5, 0.6) is 0 Å². The number of thioether (sulfide) groups is 1. The monoisotopic (exact) mass is 452 g/mol. The Morgan fingerprint density at radius 1 is 1.32 bits per heavy atom. The highest BCUT2D eigenvalue weighted by Gasteiger charge is 2.36. The Kier molecular flexibility index (Phi) is 6.16. The maximum absolute atomic E-state index is 12.9. The van der Waals surface area contributed by atoms with Crippen molar-refractivity contribution in [2.75, 3.05) is 13.1 Å². The molecule has 1 aliphatic heterocycles. The van der Waals surface area contributed by atoms with Crippen molar-refractivity contribution in [1.82, 2.24) is 4.31 Å². The molecule has 0 saturated carbocycles. The molecule has 0 aromatic heterocycles. The fourth-order valence-corrected chi connectivity index (χ4v) is 5.59. The summed E-state index contributed by atoms with van der Waals surface area (Å²) in [6.07, 6.45) is 0. The lowest BCUT2D eigenvalue weighted by atomic mass is 10.2. The van der Waals surface area contributed by atoms with Gasteiger partial charge in [-0.05, 0) is 48.0 Å². The van der Waals surface area contributed by atoms with Crippen LogP contribution in [-0.2, 0) is 11.4 Å². The smallest absolute Gasteiger partial charge is 0.192 e. The van der Waals surface area contributed by atoms with Gasteiger partial charge in [0, 0.05) is 14.6 Å². The first-order chi connectivity index (χ1) is 12.0. The van der Waals surface area contributed by atoms with Gasteiger partial charge in [-0.1, -0.05) is 34.1 Å². The van der Waals surface area contributed by atoms with Crippen molar-refractivity contribution < 1.29 is 4.55 Å². The molecule has 2 aromatic rings. The first-order valence-electron chi connectivity index (χ1n) is 7.44. The molecular weight excluding hydrogens is 440 g/mol. The molecular formula is C18H14BrClN2OS2. The van der Waals surface area contributed by atoms with E-state index < -0.39 is 11.4 Å². The van der Waals surface area contributed by atoms with Crippen LogP contribution in [0.15, 0.2) is 68.9 Å². The number of benzene rings is 2. The molecule has 0 N–H and O–H groups in total. The van der Waals surface area contributed by atoms with Crippen molar-refractivity contribution in [2.45, 2.75) is 15.0 Å². The summed E-state index contributed by atoms with van der Waals surface area (Å²) in [6.45, 7) is 5.35. The van der Waals surface area contributed by atoms with E-state index in [0.717, 1.165) is 14.9 Å². The van der Waals surface area contributed by atoms with Crippen molar-refractivity contribution in [1.29, 1.82) is 5.26 Å². The molecule has 1 saturated heterocycles. The summed E-state index contributed by atoms with van der Waals surface area (Å²) in [5.74, 6) is 0. The third kappa shape index (κ3) is 4.43. The van der Waals surface area contributed by atoms with Gasteiger partial charge in [-0.2, -0.15) is 5.26 Å². The van der Waals surface area contributed by atoms with E-state index in [1.807, 2.05) is 22.5 Å². The maximum Gasteiger partial charge on any atom is 0.192 e. The standard InChI is InChI=1S/C18H14BrClN2OS2/c1-12-10-22(11-17(12)24-15-5-3-14(19)4-6-15)25(23)18-7-2-13(9-21)8-16(18)20/h2-8,17H,1,10-11H2/t17-,25?/m0/s1. The van der Waals surface area contributed by atoms with Gasteiger partial charge in [0.15, 0.2) is 4.90 Å². The second kappa shape index (κ2) is 8.17. The molecule has 1 unspecified atom stereocenters. The van der Waals surface area contributed by atoms with Crippen LogP contribution in [0.1, 0.15) is 5.56 Å². The van der Waals surface area contributed by atoms with Crippen LogP contribution in [0.2, 0.25) is 5.02 Å². The maximum atomic E-state index is 12.9. The van der Waals surface area contributed by atoms with Crippen LogP contribution in [0.4, 0.5) is 0 Å². The molecule has 0 bridgehead atoms. The summed E-state index contributed by atoms with van der Waals surface area (Å²) in [5, 5.41) is 9.45. The molecule has 0 spiro atoms. The molecule has 1 heterocycles. The Labute approximate surface area is 168 Å². The molecule has 7 heteroatoms. The molecule has 3 rings (SSSR count). The predicted molar refractivity (Wildman–Crippen MR) is 107 cm³/mol. The van der Waals surface area contributed by atoms with Gasteiger partial charge in [-0.3, -0.25) is 0 Å². The molecule has 3 nitrogen and oxygen atoms in total. The topological polar surface area (TPSA) is 50.1 Å². The summed E-state index contributed by atoms with van der Waals surface area (Å²) in [7, 11) is 0. The number of nitriles is 1. The van der Waals surface area contributed by atoms with E-state index in [0.29, 0.717) is 28.6 Å². The van der Waals surface area contributed by atoms with Crippen LogP contribution in [0.3, 0.4) is 0 Å². The van der Waals surface area contributed by atoms with E-state index in [2.05, 4.69) is 34.6 Å². The molecule has 0 radical (unpaired) electrons. The van der Waals surface area contributed by atoms with Gasteiger partial charge < -0.3 is 4.55 Å². The fraction of sp³-hybridized carbons (Fsp3) is 0.167. The zero-order valence-electron chi connectivity index (χ0n) is 13.1. The van der Waals surface area contributed by atoms with Crippen LogP contribution < -0.4 is 0 Å². The summed E-state index contributed by atoms with van der Waals surface area (Å²) in [4.78, 5) is 1.68. The summed E-state index contributed by atoms with van der Waals surface area (Å²) in [5.41, 5.74) is 1.51. The fourth-order valence-electron chi connectivity index (χ4n) is 2.48. The highest BCUT2D eigenvalue weighted by molar-refractivity contribution is 9.10. The van der Waals surface area contributed by atoms with Crippen molar-refractivity contribution in [2.24, 2.45) is 0 Å². The van der Waals surface area contributed by atoms with E-state index in [1.54, 1.807) is 30.0 Å². The quantitative estimate of drug-likeness (QED) is 0.481. The summed E-state index contributed by atoms with van der Waals surface area (Å²) in [6, 6.07) is 15.0. The molecule has 2 aromatic carbocycles. The van der Waals surface area contributed by atoms with E-state index >= 15 is 0 Å². The second-order valence-electron chi connectivity index (χ2n) is 5.55. The molecule has 0 aliphatic carbocycles. The molecule has 0 amide bonds. The first kappa shape index (κ1) is 18.8. The van der Waals surface area contributed by atoms with E-state index in [-0.39, 0.29) is 5.25 Å². The Bertz CT molecular complexity index is 838. The predicted octanol–water partition coefficient (Wildman–Crippen LogP) is 5.03. The molecule has 1 fully saturated rings. The van der Waals surface area contributed by atoms with Gasteiger partial charge in [-0.25, -0.2) is 0 Å². The van der Waals surface area contributed by atoms with Crippen molar-refractivity contribution in [3.63, 3.8) is 0 Å².